The minimum atomic E-state index is -0.0143. The van der Waals surface area contributed by atoms with Crippen molar-refractivity contribution in [2.45, 2.75) is 27.2 Å². The van der Waals surface area contributed by atoms with Gasteiger partial charge in [-0.05, 0) is 51.0 Å². The molecule has 0 N–H and O–H groups in total. The predicted molar refractivity (Wildman–Crippen MR) is 125 cm³/mol. The summed E-state index contributed by atoms with van der Waals surface area (Å²) < 4.78 is 10.0. The lowest BCUT2D eigenvalue weighted by atomic mass is 10.1. The smallest absolute Gasteiger partial charge is 0.163 e. The van der Waals surface area contributed by atoms with Crippen molar-refractivity contribution in [2.24, 2.45) is 4.99 Å². The Kier molecular flexibility index (Phi) is 8.82. The second-order valence-corrected chi connectivity index (χ2v) is 6.80. The summed E-state index contributed by atoms with van der Waals surface area (Å²) >= 11 is 0. The van der Waals surface area contributed by atoms with E-state index in [0.29, 0.717) is 17.1 Å². The molecule has 0 bridgehead atoms. The van der Waals surface area contributed by atoms with Crippen molar-refractivity contribution >= 4 is 17.2 Å². The van der Waals surface area contributed by atoms with Gasteiger partial charge in [-0.3, -0.25) is 9.79 Å². The first-order valence-corrected chi connectivity index (χ1v) is 9.84. The number of carbonyl (C=O) groups excluding carboxylic acids is 1. The van der Waals surface area contributed by atoms with Gasteiger partial charge in [0.25, 0.3) is 0 Å². The molecular formula is C26H29NO3. The second-order valence-electron chi connectivity index (χ2n) is 6.80. The van der Waals surface area contributed by atoms with E-state index in [2.05, 4.69) is 54.4 Å². The maximum Gasteiger partial charge on any atom is 0.163 e. The van der Waals surface area contributed by atoms with Gasteiger partial charge in [-0.1, -0.05) is 48.6 Å². The molecule has 30 heavy (non-hydrogen) atoms. The third-order valence-electron chi connectivity index (χ3n) is 4.54. The molecule has 0 aliphatic carbocycles. The number of ketones is 1. The Hall–Kier alpha value is -3.40. The van der Waals surface area contributed by atoms with Crippen LogP contribution in [0.4, 0.5) is 0 Å². The van der Waals surface area contributed by atoms with Crippen molar-refractivity contribution in [3.05, 3.63) is 89.5 Å². The van der Waals surface area contributed by atoms with Crippen LogP contribution in [-0.4, -0.2) is 25.7 Å². The largest absolute Gasteiger partial charge is 0.497 e. The number of hydrogen-bond donors (Lipinski definition) is 0. The molecule has 0 spiro atoms. The third kappa shape index (κ3) is 6.59. The molecule has 0 atom stereocenters. The summed E-state index contributed by atoms with van der Waals surface area (Å²) in [4.78, 5) is 15.8. The number of benzene rings is 2. The van der Waals surface area contributed by atoms with Crippen LogP contribution in [0.25, 0.3) is 5.70 Å². The minimum Gasteiger partial charge on any atom is -0.497 e. The molecule has 1 aliphatic heterocycles. The van der Waals surface area contributed by atoms with Gasteiger partial charge >= 0.3 is 0 Å². The fourth-order valence-corrected chi connectivity index (χ4v) is 2.92. The van der Waals surface area contributed by atoms with Gasteiger partial charge in [-0.15, -0.1) is 0 Å². The fraction of sp³-hybridized carbons (Fsp3) is 0.231. The Morgan fingerprint density at radius 2 is 1.77 bits per heavy atom. The van der Waals surface area contributed by atoms with Gasteiger partial charge in [-0.2, -0.15) is 0 Å². The topological polar surface area (TPSA) is 47.9 Å². The number of rotatable bonds is 4. The van der Waals surface area contributed by atoms with E-state index in [-0.39, 0.29) is 5.78 Å². The number of carbonyl (C=O) groups is 1. The molecule has 0 unspecified atom stereocenters. The molecule has 0 saturated heterocycles. The molecule has 0 saturated carbocycles. The minimum absolute atomic E-state index is 0.0143. The van der Waals surface area contributed by atoms with Crippen LogP contribution in [0.15, 0.2) is 77.8 Å². The van der Waals surface area contributed by atoms with E-state index in [4.69, 9.17) is 9.47 Å². The normalized spacial score (nSPS) is 18.6. The van der Waals surface area contributed by atoms with Crippen LogP contribution in [0.1, 0.15) is 41.8 Å². The van der Waals surface area contributed by atoms with Crippen molar-refractivity contribution in [1.82, 2.24) is 0 Å². The molecular weight excluding hydrogens is 374 g/mol. The van der Waals surface area contributed by atoms with Crippen LogP contribution >= 0.6 is 0 Å². The van der Waals surface area contributed by atoms with Gasteiger partial charge in [0, 0.05) is 17.3 Å². The van der Waals surface area contributed by atoms with E-state index in [9.17, 15) is 4.79 Å². The van der Waals surface area contributed by atoms with Crippen LogP contribution in [0.3, 0.4) is 0 Å². The number of methoxy groups -OCH3 is 2. The van der Waals surface area contributed by atoms with Gasteiger partial charge in [0.1, 0.15) is 11.5 Å². The first-order valence-electron chi connectivity index (χ1n) is 9.84. The van der Waals surface area contributed by atoms with Gasteiger partial charge in [-0.25, -0.2) is 0 Å². The highest BCUT2D eigenvalue weighted by Crippen LogP contribution is 2.24. The number of nitrogens with zero attached hydrogens (tertiary/aromatic N) is 1. The molecule has 4 nitrogen and oxygen atoms in total. The number of aliphatic imine (C=N–C) groups is 1. The number of hydrogen-bond acceptors (Lipinski definition) is 4. The maximum absolute atomic E-state index is 11.1. The first kappa shape index (κ1) is 22.9. The van der Waals surface area contributed by atoms with Gasteiger partial charge in [0.2, 0.25) is 0 Å². The highest BCUT2D eigenvalue weighted by Gasteiger charge is 2.08. The van der Waals surface area contributed by atoms with E-state index in [1.807, 2.05) is 19.1 Å². The maximum atomic E-state index is 11.1. The Bertz CT molecular complexity index is 997. The molecule has 0 radical (unpaired) electrons. The molecule has 1 heterocycles. The molecule has 2 aromatic rings. The molecule has 0 amide bonds. The third-order valence-corrected chi connectivity index (χ3v) is 4.54. The zero-order valence-electron chi connectivity index (χ0n) is 18.3. The summed E-state index contributed by atoms with van der Waals surface area (Å²) in [6.45, 7) is 5.66. The lowest BCUT2D eigenvalue weighted by Crippen LogP contribution is -1.97. The van der Waals surface area contributed by atoms with Crippen LogP contribution in [-0.2, 0) is 0 Å². The quantitative estimate of drug-likeness (QED) is 0.569. The molecule has 3 rings (SSSR count). The zero-order chi connectivity index (χ0) is 21.9. The molecule has 0 aromatic heterocycles. The van der Waals surface area contributed by atoms with E-state index < -0.39 is 0 Å². The van der Waals surface area contributed by atoms with E-state index in [1.54, 1.807) is 25.3 Å². The van der Waals surface area contributed by atoms with E-state index in [0.717, 1.165) is 17.8 Å². The monoisotopic (exact) mass is 403 g/mol. The second kappa shape index (κ2) is 11.6. The van der Waals surface area contributed by atoms with Crippen molar-refractivity contribution in [3.63, 3.8) is 0 Å². The molecule has 156 valence electrons. The Morgan fingerprint density at radius 1 is 1.00 bits per heavy atom. The fourth-order valence-electron chi connectivity index (χ4n) is 2.92. The Morgan fingerprint density at radius 3 is 2.43 bits per heavy atom. The molecule has 1 aliphatic rings. The molecule has 0 fully saturated rings. The van der Waals surface area contributed by atoms with Crippen LogP contribution in [0.2, 0.25) is 0 Å². The number of Topliss-reactive ketones (excluding diaryl/α,β-unsaturated/α-hetero) is 1. The summed E-state index contributed by atoms with van der Waals surface area (Å²) in [7, 11) is 3.10. The van der Waals surface area contributed by atoms with Gasteiger partial charge in [0.05, 0.1) is 25.5 Å². The highest BCUT2D eigenvalue weighted by atomic mass is 16.5. The van der Waals surface area contributed by atoms with Crippen molar-refractivity contribution in [2.75, 3.05) is 14.2 Å². The number of allylic oxidation sites excluding steroid dienone is 5. The number of ether oxygens (including phenoxy) is 2. The van der Waals surface area contributed by atoms with Crippen LogP contribution in [0, 0.1) is 6.92 Å². The highest BCUT2D eigenvalue weighted by molar-refractivity contribution is 5.97. The lowest BCUT2D eigenvalue weighted by Gasteiger charge is -2.07. The standard InChI is InChI=1S/C16H17N.C10H12O3/c1-13-9-7-8-11-15(13)16-12-6-4-3-5-10-14(2)17-16;1-7(11)9-5-4-8(12-2)6-10(9)13-3/h3-5,7-12H,6H2,1-2H3;4-6H,1-3H3/b4-3-,10-5-,16-12-,17-14+;. The van der Waals surface area contributed by atoms with Gasteiger partial charge < -0.3 is 9.47 Å². The van der Waals surface area contributed by atoms with E-state index in [1.165, 1.54) is 25.2 Å². The summed E-state index contributed by atoms with van der Waals surface area (Å²) in [6.07, 6.45) is 11.4. The molecule has 4 heteroatoms. The Balaban J connectivity index is 0.000000222. The average Bonchev–Trinajstić information content (AvgIpc) is 2.85. The first-order chi connectivity index (χ1) is 14.5. The van der Waals surface area contributed by atoms with Crippen molar-refractivity contribution in [3.8, 4) is 11.5 Å². The van der Waals surface area contributed by atoms with E-state index >= 15 is 0 Å². The lowest BCUT2D eigenvalue weighted by molar-refractivity contribution is 0.101. The summed E-state index contributed by atoms with van der Waals surface area (Å²) in [5.41, 5.74) is 5.16. The van der Waals surface area contributed by atoms with Crippen molar-refractivity contribution < 1.29 is 14.3 Å². The van der Waals surface area contributed by atoms with Crippen LogP contribution in [0.5, 0.6) is 11.5 Å². The van der Waals surface area contributed by atoms with Crippen molar-refractivity contribution in [1.29, 1.82) is 0 Å². The average molecular weight is 404 g/mol. The van der Waals surface area contributed by atoms with Crippen LogP contribution < -0.4 is 9.47 Å². The molecule has 2 aromatic carbocycles. The predicted octanol–water partition coefficient (Wildman–Crippen LogP) is 6.22. The van der Waals surface area contributed by atoms with Gasteiger partial charge in [0.15, 0.2) is 5.78 Å². The number of aryl methyl sites for hydroxylation is 1. The summed E-state index contributed by atoms with van der Waals surface area (Å²) in [5.74, 6) is 1.22. The SMILES string of the molecule is CC1=N\C(c2ccccc2C)=C/C\C=C/C=C\1.COc1ccc(C(C)=O)c(OC)c1. The summed E-state index contributed by atoms with van der Waals surface area (Å²) in [6, 6.07) is 13.5. The zero-order valence-corrected chi connectivity index (χ0v) is 18.3. The summed E-state index contributed by atoms with van der Waals surface area (Å²) in [5, 5.41) is 0. The Labute approximate surface area is 179 Å².